The van der Waals surface area contributed by atoms with Crippen LogP contribution in [-0.4, -0.2) is 18.2 Å². The lowest BCUT2D eigenvalue weighted by Gasteiger charge is -2.14. The van der Waals surface area contributed by atoms with Gasteiger partial charge in [0.05, 0.1) is 15.8 Å². The van der Waals surface area contributed by atoms with E-state index < -0.39 is 0 Å². The van der Waals surface area contributed by atoms with Crippen LogP contribution in [0.3, 0.4) is 0 Å². The molecule has 100 valence electrons. The molecule has 1 amide bonds. The highest BCUT2D eigenvalue weighted by Crippen LogP contribution is 2.34. The summed E-state index contributed by atoms with van der Waals surface area (Å²) in [5, 5.41) is 4.81. The highest BCUT2D eigenvalue weighted by molar-refractivity contribution is 6.37. The molecular weight excluding hydrogens is 287 g/mol. The van der Waals surface area contributed by atoms with Gasteiger partial charge in [0.1, 0.15) is 6.61 Å². The van der Waals surface area contributed by atoms with Crippen LogP contribution < -0.4 is 10.2 Å². The Balaban J connectivity index is 2.29. The van der Waals surface area contributed by atoms with Crippen molar-refractivity contribution in [1.82, 2.24) is 5.43 Å². The summed E-state index contributed by atoms with van der Waals surface area (Å²) in [4.78, 5) is 11.0. The van der Waals surface area contributed by atoms with Crippen molar-refractivity contribution in [2.24, 2.45) is 5.10 Å². The number of hydrogen-bond acceptors (Lipinski definition) is 3. The first-order valence-electron chi connectivity index (χ1n) is 5.70. The molecule has 19 heavy (non-hydrogen) atoms. The highest BCUT2D eigenvalue weighted by Gasteiger charge is 2.16. The van der Waals surface area contributed by atoms with Crippen molar-refractivity contribution < 1.29 is 9.53 Å². The van der Waals surface area contributed by atoms with Crippen LogP contribution in [0.2, 0.25) is 10.0 Å². The first kappa shape index (κ1) is 13.9. The van der Waals surface area contributed by atoms with E-state index in [1.54, 1.807) is 18.2 Å². The van der Waals surface area contributed by atoms with Crippen molar-refractivity contribution in [2.75, 3.05) is 6.61 Å². The van der Waals surface area contributed by atoms with E-state index in [2.05, 4.69) is 17.1 Å². The molecule has 0 spiro atoms. The number of rotatable bonds is 4. The van der Waals surface area contributed by atoms with Crippen molar-refractivity contribution in [2.45, 2.75) is 12.8 Å². The number of nitrogens with zero attached hydrogens (tertiary/aromatic N) is 1. The Morgan fingerprint density at radius 3 is 2.58 bits per heavy atom. The zero-order valence-corrected chi connectivity index (χ0v) is 11.6. The molecule has 0 aliphatic carbocycles. The standard InChI is InChI=1S/C13H12Cl2N2O2/c1-2-5-19-13-9(14)6-8(7-10(13)15)11-3-4-12(18)17-16-11/h2,6-7H,1,3-5H2,(H,17,18). The lowest BCUT2D eigenvalue weighted by Crippen LogP contribution is -2.25. The molecule has 6 heteroatoms. The maximum Gasteiger partial charge on any atom is 0.240 e. The third kappa shape index (κ3) is 3.28. The summed E-state index contributed by atoms with van der Waals surface area (Å²) in [6.07, 6.45) is 2.58. The van der Waals surface area contributed by atoms with E-state index in [1.807, 2.05) is 0 Å². The second-order valence-corrected chi connectivity index (χ2v) is 4.78. The van der Waals surface area contributed by atoms with Crippen molar-refractivity contribution in [3.8, 4) is 5.75 Å². The molecule has 0 saturated carbocycles. The number of hydrazone groups is 1. The van der Waals surface area contributed by atoms with Crippen LogP contribution in [-0.2, 0) is 4.79 Å². The van der Waals surface area contributed by atoms with Gasteiger partial charge in [-0.1, -0.05) is 35.9 Å². The van der Waals surface area contributed by atoms with Crippen LogP contribution in [0.25, 0.3) is 0 Å². The number of hydrogen-bond donors (Lipinski definition) is 1. The summed E-state index contributed by atoms with van der Waals surface area (Å²) in [7, 11) is 0. The van der Waals surface area contributed by atoms with Gasteiger partial charge >= 0.3 is 0 Å². The topological polar surface area (TPSA) is 50.7 Å². The molecular formula is C13H12Cl2N2O2. The molecule has 0 radical (unpaired) electrons. The first-order chi connectivity index (χ1) is 9.11. The molecule has 2 rings (SSSR count). The third-order valence-electron chi connectivity index (χ3n) is 2.58. The lowest BCUT2D eigenvalue weighted by molar-refractivity contribution is -0.121. The van der Waals surface area contributed by atoms with Crippen molar-refractivity contribution in [1.29, 1.82) is 0 Å². The van der Waals surface area contributed by atoms with Crippen LogP contribution in [0.4, 0.5) is 0 Å². The van der Waals surface area contributed by atoms with Crippen LogP contribution in [0.5, 0.6) is 5.75 Å². The Morgan fingerprint density at radius 1 is 1.37 bits per heavy atom. The molecule has 0 fully saturated rings. The fraction of sp³-hybridized carbons (Fsp3) is 0.231. The number of nitrogens with one attached hydrogen (secondary N) is 1. The summed E-state index contributed by atoms with van der Waals surface area (Å²) in [5.74, 6) is 0.333. The second-order valence-electron chi connectivity index (χ2n) is 3.96. The predicted molar refractivity (Wildman–Crippen MR) is 76.1 cm³/mol. The van der Waals surface area contributed by atoms with Crippen LogP contribution in [0, 0.1) is 0 Å². The molecule has 0 unspecified atom stereocenters. The summed E-state index contributed by atoms with van der Waals surface area (Å²) in [6.45, 7) is 3.89. The zero-order chi connectivity index (χ0) is 13.8. The van der Waals surface area contributed by atoms with E-state index in [1.165, 1.54) is 0 Å². The van der Waals surface area contributed by atoms with E-state index in [-0.39, 0.29) is 5.91 Å². The second kappa shape index (κ2) is 6.08. The molecule has 1 aliphatic heterocycles. The van der Waals surface area contributed by atoms with Gasteiger partial charge in [-0.2, -0.15) is 5.10 Å². The fourth-order valence-electron chi connectivity index (χ4n) is 1.69. The van der Waals surface area contributed by atoms with Crippen molar-refractivity contribution >= 4 is 34.8 Å². The Morgan fingerprint density at radius 2 is 2.05 bits per heavy atom. The summed E-state index contributed by atoms with van der Waals surface area (Å²) >= 11 is 12.3. The van der Waals surface area contributed by atoms with Gasteiger partial charge in [-0.3, -0.25) is 4.79 Å². The number of amides is 1. The van der Waals surface area contributed by atoms with Gasteiger partial charge in [-0.15, -0.1) is 0 Å². The maximum atomic E-state index is 11.0. The van der Waals surface area contributed by atoms with Crippen LogP contribution in [0.15, 0.2) is 29.9 Å². The summed E-state index contributed by atoms with van der Waals surface area (Å²) in [6, 6.07) is 3.45. The van der Waals surface area contributed by atoms with Gasteiger partial charge in [0.25, 0.3) is 0 Å². The normalized spacial score (nSPS) is 14.6. The smallest absolute Gasteiger partial charge is 0.240 e. The minimum atomic E-state index is -0.0909. The molecule has 1 N–H and O–H groups in total. The van der Waals surface area contributed by atoms with Gasteiger partial charge in [-0.05, 0) is 12.1 Å². The van der Waals surface area contributed by atoms with Crippen molar-refractivity contribution in [3.63, 3.8) is 0 Å². The summed E-state index contributed by atoms with van der Waals surface area (Å²) in [5.41, 5.74) is 3.96. The number of carbonyl (C=O) groups is 1. The molecule has 0 bridgehead atoms. The first-order valence-corrected chi connectivity index (χ1v) is 6.46. The molecule has 1 aromatic carbocycles. The summed E-state index contributed by atoms with van der Waals surface area (Å²) < 4.78 is 5.38. The fourth-order valence-corrected chi connectivity index (χ4v) is 2.29. The number of ether oxygens (including phenoxy) is 1. The van der Waals surface area contributed by atoms with Gasteiger partial charge in [0.2, 0.25) is 5.91 Å². The Kier molecular flexibility index (Phi) is 4.45. The molecule has 1 heterocycles. The van der Waals surface area contributed by atoms with E-state index in [0.29, 0.717) is 35.2 Å². The average molecular weight is 299 g/mol. The Hall–Kier alpha value is -1.52. The lowest BCUT2D eigenvalue weighted by atomic mass is 10.0. The van der Waals surface area contributed by atoms with E-state index in [9.17, 15) is 4.79 Å². The quantitative estimate of drug-likeness (QED) is 0.868. The van der Waals surface area contributed by atoms with Gasteiger partial charge < -0.3 is 4.74 Å². The Labute approximate surface area is 121 Å². The monoisotopic (exact) mass is 298 g/mol. The number of carbonyl (C=O) groups excluding carboxylic acids is 1. The Bertz CT molecular complexity index is 533. The van der Waals surface area contributed by atoms with Crippen molar-refractivity contribution in [3.05, 3.63) is 40.4 Å². The SMILES string of the molecule is C=CCOc1c(Cl)cc(C2=NNC(=O)CC2)cc1Cl. The largest absolute Gasteiger partial charge is 0.486 e. The minimum absolute atomic E-state index is 0.0909. The van der Waals surface area contributed by atoms with E-state index in [4.69, 9.17) is 27.9 Å². The van der Waals surface area contributed by atoms with Gasteiger partial charge in [-0.25, -0.2) is 5.43 Å². The molecule has 0 atom stereocenters. The number of benzene rings is 1. The minimum Gasteiger partial charge on any atom is -0.486 e. The molecule has 0 aromatic heterocycles. The van der Waals surface area contributed by atoms with Gasteiger partial charge in [0.15, 0.2) is 5.75 Å². The van der Waals surface area contributed by atoms with Crippen LogP contribution >= 0.6 is 23.2 Å². The third-order valence-corrected chi connectivity index (χ3v) is 3.14. The van der Waals surface area contributed by atoms with E-state index in [0.717, 1.165) is 11.3 Å². The van der Waals surface area contributed by atoms with Crippen LogP contribution in [0.1, 0.15) is 18.4 Å². The molecule has 0 saturated heterocycles. The van der Waals surface area contributed by atoms with E-state index >= 15 is 0 Å². The number of halogens is 2. The maximum absolute atomic E-state index is 11.0. The molecule has 1 aromatic rings. The van der Waals surface area contributed by atoms with Gasteiger partial charge in [0, 0.05) is 18.4 Å². The molecule has 1 aliphatic rings. The predicted octanol–water partition coefficient (Wildman–Crippen LogP) is 3.17. The molecule has 4 nitrogen and oxygen atoms in total. The zero-order valence-electron chi connectivity index (χ0n) is 10.1. The average Bonchev–Trinajstić information content (AvgIpc) is 2.38. The highest BCUT2D eigenvalue weighted by atomic mass is 35.5.